The van der Waals surface area contributed by atoms with Crippen molar-refractivity contribution in [2.45, 2.75) is 19.6 Å². The fourth-order valence-electron chi connectivity index (χ4n) is 1.81. The first-order chi connectivity index (χ1) is 9.99. The second kappa shape index (κ2) is 7.41. The molecular weight excluding hydrogens is 375 g/mol. The molecule has 1 unspecified atom stereocenters. The van der Waals surface area contributed by atoms with E-state index in [1.807, 2.05) is 24.3 Å². The standard InChI is InChI=1S/C16H13BrCl2O2/c1-10(21-9-11-4-2-3-5-14(11)17)16(20)13-7-6-12(18)8-15(13)19/h2-8,10H,9H2,1H3. The van der Waals surface area contributed by atoms with E-state index in [0.29, 0.717) is 22.2 Å². The van der Waals surface area contributed by atoms with E-state index in [1.54, 1.807) is 25.1 Å². The van der Waals surface area contributed by atoms with E-state index in [1.165, 1.54) is 0 Å². The van der Waals surface area contributed by atoms with Crippen molar-refractivity contribution in [2.75, 3.05) is 0 Å². The first-order valence-electron chi connectivity index (χ1n) is 6.33. The smallest absolute Gasteiger partial charge is 0.192 e. The number of benzene rings is 2. The van der Waals surface area contributed by atoms with Crippen LogP contribution in [-0.2, 0) is 11.3 Å². The summed E-state index contributed by atoms with van der Waals surface area (Å²) >= 11 is 15.3. The first-order valence-corrected chi connectivity index (χ1v) is 7.88. The van der Waals surface area contributed by atoms with E-state index in [9.17, 15) is 4.79 Å². The van der Waals surface area contributed by atoms with Crippen molar-refractivity contribution in [3.8, 4) is 0 Å². The van der Waals surface area contributed by atoms with E-state index >= 15 is 0 Å². The second-order valence-electron chi connectivity index (χ2n) is 4.53. The summed E-state index contributed by atoms with van der Waals surface area (Å²) < 4.78 is 6.59. The molecule has 0 aromatic heterocycles. The number of carbonyl (C=O) groups is 1. The summed E-state index contributed by atoms with van der Waals surface area (Å²) in [7, 11) is 0. The Labute approximate surface area is 142 Å². The second-order valence-corrected chi connectivity index (χ2v) is 6.23. The Kier molecular flexibility index (Phi) is 5.82. The van der Waals surface area contributed by atoms with Crippen LogP contribution >= 0.6 is 39.1 Å². The molecule has 0 saturated heterocycles. The minimum atomic E-state index is -0.587. The van der Waals surface area contributed by atoms with Gasteiger partial charge >= 0.3 is 0 Å². The molecule has 0 aliphatic rings. The summed E-state index contributed by atoms with van der Waals surface area (Å²) in [5.74, 6) is -0.163. The summed E-state index contributed by atoms with van der Waals surface area (Å²) in [5, 5.41) is 0.835. The molecule has 0 radical (unpaired) electrons. The van der Waals surface area contributed by atoms with Gasteiger partial charge in [-0.25, -0.2) is 0 Å². The molecule has 0 fully saturated rings. The molecule has 0 aliphatic heterocycles. The van der Waals surface area contributed by atoms with Gasteiger partial charge in [-0.1, -0.05) is 57.3 Å². The van der Waals surface area contributed by atoms with Crippen molar-refractivity contribution < 1.29 is 9.53 Å². The predicted molar refractivity (Wildman–Crippen MR) is 89.2 cm³/mol. The molecule has 0 amide bonds. The minimum absolute atomic E-state index is 0.163. The number of Topliss-reactive ketones (excluding diaryl/α,β-unsaturated/α-hetero) is 1. The summed E-state index contributed by atoms with van der Waals surface area (Å²) in [6.45, 7) is 2.06. The van der Waals surface area contributed by atoms with E-state index < -0.39 is 6.10 Å². The molecule has 1 atom stereocenters. The number of hydrogen-bond donors (Lipinski definition) is 0. The van der Waals surface area contributed by atoms with Crippen molar-refractivity contribution in [2.24, 2.45) is 0 Å². The fourth-order valence-corrected chi connectivity index (χ4v) is 2.72. The van der Waals surface area contributed by atoms with Crippen LogP contribution in [0.4, 0.5) is 0 Å². The molecule has 0 heterocycles. The van der Waals surface area contributed by atoms with Gasteiger partial charge in [0.1, 0.15) is 6.10 Å². The third-order valence-electron chi connectivity index (χ3n) is 3.01. The van der Waals surface area contributed by atoms with Gasteiger partial charge in [-0.3, -0.25) is 4.79 Å². The van der Waals surface area contributed by atoms with Crippen LogP contribution in [0.15, 0.2) is 46.9 Å². The number of hydrogen-bond acceptors (Lipinski definition) is 2. The quantitative estimate of drug-likeness (QED) is 0.629. The van der Waals surface area contributed by atoms with Gasteiger partial charge in [-0.15, -0.1) is 0 Å². The molecule has 0 saturated carbocycles. The maximum atomic E-state index is 12.3. The molecule has 2 rings (SSSR count). The monoisotopic (exact) mass is 386 g/mol. The normalized spacial score (nSPS) is 12.2. The number of rotatable bonds is 5. The van der Waals surface area contributed by atoms with Gasteiger partial charge in [0.25, 0.3) is 0 Å². The maximum Gasteiger partial charge on any atom is 0.192 e. The van der Waals surface area contributed by atoms with Crippen LogP contribution < -0.4 is 0 Å². The van der Waals surface area contributed by atoms with Crippen LogP contribution in [0, 0.1) is 0 Å². The van der Waals surface area contributed by atoms with Gasteiger partial charge in [-0.05, 0) is 36.8 Å². The highest BCUT2D eigenvalue weighted by Gasteiger charge is 2.19. The zero-order valence-corrected chi connectivity index (χ0v) is 14.4. The molecule has 2 aromatic carbocycles. The minimum Gasteiger partial charge on any atom is -0.366 e. The zero-order valence-electron chi connectivity index (χ0n) is 11.3. The lowest BCUT2D eigenvalue weighted by molar-refractivity contribution is 0.0410. The summed E-state index contributed by atoms with van der Waals surface area (Å²) in [6.07, 6.45) is -0.587. The Morgan fingerprint density at radius 1 is 1.24 bits per heavy atom. The Morgan fingerprint density at radius 2 is 1.95 bits per heavy atom. The molecule has 0 spiro atoms. The number of halogens is 3. The largest absolute Gasteiger partial charge is 0.366 e. The molecule has 110 valence electrons. The Hall–Kier alpha value is -0.870. The van der Waals surface area contributed by atoms with Gasteiger partial charge in [0.15, 0.2) is 5.78 Å². The zero-order chi connectivity index (χ0) is 15.4. The Morgan fingerprint density at radius 3 is 2.62 bits per heavy atom. The van der Waals surface area contributed by atoms with Crippen LogP contribution in [0.3, 0.4) is 0 Å². The van der Waals surface area contributed by atoms with Gasteiger partial charge in [0.05, 0.1) is 11.6 Å². The number of carbonyl (C=O) groups excluding carboxylic acids is 1. The molecule has 21 heavy (non-hydrogen) atoms. The number of ether oxygens (including phenoxy) is 1. The van der Waals surface area contributed by atoms with Gasteiger partial charge in [0, 0.05) is 15.1 Å². The van der Waals surface area contributed by atoms with E-state index in [0.717, 1.165) is 10.0 Å². The van der Waals surface area contributed by atoms with Crippen LogP contribution in [0.5, 0.6) is 0 Å². The van der Waals surface area contributed by atoms with E-state index in [2.05, 4.69) is 15.9 Å². The predicted octanol–water partition coefficient (Wildman–Crippen LogP) is 5.54. The average Bonchev–Trinajstić information content (AvgIpc) is 2.45. The summed E-state index contributed by atoms with van der Waals surface area (Å²) in [5.41, 5.74) is 1.40. The maximum absolute atomic E-state index is 12.3. The van der Waals surface area contributed by atoms with E-state index in [-0.39, 0.29) is 5.78 Å². The van der Waals surface area contributed by atoms with Gasteiger partial charge in [0.2, 0.25) is 0 Å². The molecule has 2 nitrogen and oxygen atoms in total. The molecular formula is C16H13BrCl2O2. The highest BCUT2D eigenvalue weighted by Crippen LogP contribution is 2.23. The fraction of sp³-hybridized carbons (Fsp3) is 0.188. The summed E-state index contributed by atoms with van der Waals surface area (Å²) in [4.78, 5) is 12.3. The lowest BCUT2D eigenvalue weighted by Gasteiger charge is -2.14. The lowest BCUT2D eigenvalue weighted by Crippen LogP contribution is -2.21. The van der Waals surface area contributed by atoms with Gasteiger partial charge < -0.3 is 4.74 Å². The van der Waals surface area contributed by atoms with Crippen molar-refractivity contribution in [3.63, 3.8) is 0 Å². The molecule has 2 aromatic rings. The van der Waals surface area contributed by atoms with Crippen molar-refractivity contribution >= 4 is 44.9 Å². The third kappa shape index (κ3) is 4.30. The summed E-state index contributed by atoms with van der Waals surface area (Å²) in [6, 6.07) is 12.5. The van der Waals surface area contributed by atoms with Gasteiger partial charge in [-0.2, -0.15) is 0 Å². The Balaban J connectivity index is 2.04. The van der Waals surface area contributed by atoms with Crippen LogP contribution in [0.25, 0.3) is 0 Å². The van der Waals surface area contributed by atoms with E-state index in [4.69, 9.17) is 27.9 Å². The van der Waals surface area contributed by atoms with Crippen molar-refractivity contribution in [1.29, 1.82) is 0 Å². The Bertz CT molecular complexity index is 658. The molecule has 0 N–H and O–H groups in total. The van der Waals surface area contributed by atoms with Crippen molar-refractivity contribution in [1.82, 2.24) is 0 Å². The van der Waals surface area contributed by atoms with Crippen molar-refractivity contribution in [3.05, 3.63) is 68.1 Å². The molecule has 5 heteroatoms. The highest BCUT2D eigenvalue weighted by molar-refractivity contribution is 9.10. The number of ketones is 1. The first kappa shape index (κ1) is 16.5. The SMILES string of the molecule is CC(OCc1ccccc1Br)C(=O)c1ccc(Cl)cc1Cl. The van der Waals surface area contributed by atoms with Crippen LogP contribution in [0.2, 0.25) is 10.0 Å². The molecule has 0 bridgehead atoms. The van der Waals surface area contributed by atoms with Crippen LogP contribution in [0.1, 0.15) is 22.8 Å². The molecule has 0 aliphatic carbocycles. The van der Waals surface area contributed by atoms with Crippen LogP contribution in [-0.4, -0.2) is 11.9 Å². The lowest BCUT2D eigenvalue weighted by atomic mass is 10.1. The highest BCUT2D eigenvalue weighted by atomic mass is 79.9. The topological polar surface area (TPSA) is 26.3 Å². The third-order valence-corrected chi connectivity index (χ3v) is 4.33. The average molecular weight is 388 g/mol.